The van der Waals surface area contributed by atoms with Crippen LogP contribution >= 0.6 is 0 Å². The topological polar surface area (TPSA) is 70.8 Å². The predicted octanol–water partition coefficient (Wildman–Crippen LogP) is 2.21. The molecule has 0 bridgehead atoms. The lowest BCUT2D eigenvalue weighted by atomic mass is 9.99. The van der Waals surface area contributed by atoms with Crippen LogP contribution in [0.1, 0.15) is 25.3 Å². The zero-order valence-electron chi connectivity index (χ0n) is 12.5. The van der Waals surface area contributed by atoms with E-state index in [1.165, 1.54) is 12.0 Å². The Morgan fingerprint density at radius 2 is 2.24 bits per heavy atom. The predicted molar refractivity (Wildman–Crippen MR) is 85.2 cm³/mol. The number of nitrogens with one attached hydrogen (secondary N) is 1. The molecule has 1 unspecified atom stereocenters. The van der Waals surface area contributed by atoms with Gasteiger partial charge in [0.05, 0.1) is 0 Å². The molecule has 1 aliphatic rings. The van der Waals surface area contributed by atoms with Crippen molar-refractivity contribution in [3.63, 3.8) is 0 Å². The first-order valence-corrected chi connectivity index (χ1v) is 7.77. The maximum absolute atomic E-state index is 5.80. The van der Waals surface area contributed by atoms with Gasteiger partial charge in [-0.1, -0.05) is 31.2 Å². The molecule has 3 rings (SSSR count). The van der Waals surface area contributed by atoms with Gasteiger partial charge in [-0.15, -0.1) is 5.10 Å². The fraction of sp³-hybridized carbons (Fsp3) is 0.500. The fourth-order valence-electron chi connectivity index (χ4n) is 3.01. The number of hydrogen-bond acceptors (Lipinski definition) is 4. The molecule has 0 amide bonds. The molecular formula is C16H23N5. The molecule has 0 spiro atoms. The Morgan fingerprint density at radius 3 is 3.05 bits per heavy atom. The third-order valence-corrected chi connectivity index (χ3v) is 4.26. The lowest BCUT2D eigenvalue weighted by Crippen LogP contribution is -2.38. The van der Waals surface area contributed by atoms with E-state index in [1.807, 2.05) is 6.07 Å². The van der Waals surface area contributed by atoms with Crippen LogP contribution in [-0.2, 0) is 6.42 Å². The van der Waals surface area contributed by atoms with Gasteiger partial charge in [-0.3, -0.25) is 5.10 Å². The summed E-state index contributed by atoms with van der Waals surface area (Å²) in [6.45, 7) is 4.88. The van der Waals surface area contributed by atoms with Crippen LogP contribution in [0.3, 0.4) is 0 Å². The summed E-state index contributed by atoms with van der Waals surface area (Å²) in [6.07, 6.45) is 3.37. The second-order valence-corrected chi connectivity index (χ2v) is 5.68. The lowest BCUT2D eigenvalue weighted by Gasteiger charge is -2.31. The normalized spacial score (nSPS) is 19.0. The van der Waals surface area contributed by atoms with Crippen molar-refractivity contribution in [2.75, 3.05) is 24.5 Å². The minimum absolute atomic E-state index is 0.559. The first kappa shape index (κ1) is 14.1. The summed E-state index contributed by atoms with van der Waals surface area (Å²) < 4.78 is 0. The minimum Gasteiger partial charge on any atom is -0.339 e. The molecule has 2 heterocycles. The zero-order chi connectivity index (χ0) is 14.7. The average Bonchev–Trinajstić information content (AvgIpc) is 3.04. The number of nitrogens with zero attached hydrogens (tertiary/aromatic N) is 3. The molecule has 1 aromatic heterocycles. The first-order valence-electron chi connectivity index (χ1n) is 7.77. The summed E-state index contributed by atoms with van der Waals surface area (Å²) >= 11 is 0. The molecule has 0 radical (unpaired) electrons. The van der Waals surface area contributed by atoms with E-state index >= 15 is 0 Å². The van der Waals surface area contributed by atoms with E-state index in [0.29, 0.717) is 5.92 Å². The monoisotopic (exact) mass is 285 g/mol. The maximum Gasteiger partial charge on any atom is 0.245 e. The second kappa shape index (κ2) is 6.26. The van der Waals surface area contributed by atoms with E-state index in [-0.39, 0.29) is 0 Å². The summed E-state index contributed by atoms with van der Waals surface area (Å²) in [6, 6.07) is 8.35. The number of nitrogens with two attached hydrogens (primary N) is 1. The van der Waals surface area contributed by atoms with E-state index < -0.39 is 0 Å². The first-order chi connectivity index (χ1) is 10.3. The van der Waals surface area contributed by atoms with Gasteiger partial charge >= 0.3 is 0 Å². The van der Waals surface area contributed by atoms with Gasteiger partial charge in [0.15, 0.2) is 5.82 Å². The molecule has 112 valence electrons. The molecule has 0 saturated carbocycles. The number of H-pyrrole nitrogens is 1. The Morgan fingerprint density at radius 1 is 1.38 bits per heavy atom. The number of anilines is 1. The van der Waals surface area contributed by atoms with E-state index in [1.54, 1.807) is 0 Å². The van der Waals surface area contributed by atoms with Gasteiger partial charge in [-0.25, -0.2) is 0 Å². The number of aromatic amines is 1. The van der Waals surface area contributed by atoms with Crippen LogP contribution < -0.4 is 10.6 Å². The highest BCUT2D eigenvalue weighted by atomic mass is 15.4. The van der Waals surface area contributed by atoms with Gasteiger partial charge in [0.1, 0.15) is 0 Å². The molecule has 1 aromatic carbocycles. The summed E-state index contributed by atoms with van der Waals surface area (Å²) in [7, 11) is 0. The smallest absolute Gasteiger partial charge is 0.245 e. The van der Waals surface area contributed by atoms with Crippen LogP contribution in [0.15, 0.2) is 24.3 Å². The number of aromatic nitrogens is 3. The Labute approximate surface area is 125 Å². The van der Waals surface area contributed by atoms with Gasteiger partial charge in [-0.2, -0.15) is 4.98 Å². The summed E-state index contributed by atoms with van der Waals surface area (Å²) in [5, 5.41) is 7.50. The van der Waals surface area contributed by atoms with Crippen molar-refractivity contribution in [2.45, 2.75) is 26.2 Å². The largest absolute Gasteiger partial charge is 0.339 e. The molecule has 1 fully saturated rings. The molecular weight excluding hydrogens is 262 g/mol. The SMILES string of the molecule is CCc1ccccc1-c1nc(N2CCCC(CN)C2)n[nH]1. The van der Waals surface area contributed by atoms with Gasteiger partial charge in [0.2, 0.25) is 5.95 Å². The summed E-state index contributed by atoms with van der Waals surface area (Å²) in [4.78, 5) is 6.95. The highest BCUT2D eigenvalue weighted by Gasteiger charge is 2.22. The highest BCUT2D eigenvalue weighted by Crippen LogP contribution is 2.24. The minimum atomic E-state index is 0.559. The molecule has 2 aromatic rings. The Hall–Kier alpha value is -1.88. The van der Waals surface area contributed by atoms with E-state index in [0.717, 1.165) is 49.8 Å². The number of hydrogen-bond donors (Lipinski definition) is 2. The van der Waals surface area contributed by atoms with Crippen molar-refractivity contribution in [3.05, 3.63) is 29.8 Å². The van der Waals surface area contributed by atoms with Crippen molar-refractivity contribution in [1.82, 2.24) is 15.2 Å². The van der Waals surface area contributed by atoms with Crippen molar-refractivity contribution < 1.29 is 0 Å². The quantitative estimate of drug-likeness (QED) is 0.903. The van der Waals surface area contributed by atoms with E-state index in [2.05, 4.69) is 40.2 Å². The van der Waals surface area contributed by atoms with E-state index in [9.17, 15) is 0 Å². The zero-order valence-corrected chi connectivity index (χ0v) is 12.5. The Bertz CT molecular complexity index is 592. The Kier molecular flexibility index (Phi) is 4.20. The second-order valence-electron chi connectivity index (χ2n) is 5.68. The molecule has 0 aliphatic carbocycles. The van der Waals surface area contributed by atoms with Crippen LogP contribution in [0.25, 0.3) is 11.4 Å². The summed E-state index contributed by atoms with van der Waals surface area (Å²) in [5.41, 5.74) is 8.24. The van der Waals surface area contributed by atoms with Crippen molar-refractivity contribution in [2.24, 2.45) is 11.7 Å². The standard InChI is InChI=1S/C16H23N5/c1-2-13-7-3-4-8-14(13)15-18-16(20-19-15)21-9-5-6-12(10-17)11-21/h3-4,7-8,12H,2,5-6,9-11,17H2,1H3,(H,18,19,20). The van der Waals surface area contributed by atoms with Crippen LogP contribution in [0.5, 0.6) is 0 Å². The van der Waals surface area contributed by atoms with E-state index in [4.69, 9.17) is 10.7 Å². The number of rotatable bonds is 4. The molecule has 1 aliphatic heterocycles. The molecule has 5 heteroatoms. The molecule has 1 atom stereocenters. The van der Waals surface area contributed by atoms with Crippen LogP contribution in [-0.4, -0.2) is 34.8 Å². The maximum atomic E-state index is 5.80. The fourth-order valence-corrected chi connectivity index (χ4v) is 3.01. The number of aryl methyl sites for hydroxylation is 1. The van der Waals surface area contributed by atoms with Crippen molar-refractivity contribution in [3.8, 4) is 11.4 Å². The number of piperidine rings is 1. The van der Waals surface area contributed by atoms with Crippen LogP contribution in [0.2, 0.25) is 0 Å². The highest BCUT2D eigenvalue weighted by molar-refractivity contribution is 5.61. The average molecular weight is 285 g/mol. The molecule has 3 N–H and O–H groups in total. The molecule has 1 saturated heterocycles. The lowest BCUT2D eigenvalue weighted by molar-refractivity contribution is 0.420. The van der Waals surface area contributed by atoms with Crippen molar-refractivity contribution >= 4 is 5.95 Å². The van der Waals surface area contributed by atoms with Gasteiger partial charge in [-0.05, 0) is 37.3 Å². The van der Waals surface area contributed by atoms with Crippen LogP contribution in [0, 0.1) is 5.92 Å². The van der Waals surface area contributed by atoms with Crippen LogP contribution in [0.4, 0.5) is 5.95 Å². The third-order valence-electron chi connectivity index (χ3n) is 4.26. The molecule has 21 heavy (non-hydrogen) atoms. The Balaban J connectivity index is 1.83. The van der Waals surface area contributed by atoms with Gasteiger partial charge in [0, 0.05) is 18.7 Å². The molecule has 5 nitrogen and oxygen atoms in total. The number of benzene rings is 1. The van der Waals surface area contributed by atoms with Crippen molar-refractivity contribution in [1.29, 1.82) is 0 Å². The third kappa shape index (κ3) is 2.93. The van der Waals surface area contributed by atoms with Gasteiger partial charge < -0.3 is 10.6 Å². The van der Waals surface area contributed by atoms with Gasteiger partial charge in [0.25, 0.3) is 0 Å². The summed E-state index contributed by atoms with van der Waals surface area (Å²) in [5.74, 6) is 2.22.